The van der Waals surface area contributed by atoms with E-state index in [1.165, 1.54) is 0 Å². The first kappa shape index (κ1) is 9.87. The smallest absolute Gasteiger partial charge is 0.265 e. The van der Waals surface area contributed by atoms with Crippen LogP contribution in [0.4, 0.5) is 0 Å². The van der Waals surface area contributed by atoms with Gasteiger partial charge in [-0.2, -0.15) is 8.42 Å². The van der Waals surface area contributed by atoms with E-state index in [1.807, 2.05) is 0 Å². The summed E-state index contributed by atoms with van der Waals surface area (Å²) in [6.45, 7) is 0. The molecule has 0 unspecified atom stereocenters. The Bertz CT molecular complexity index is 164. The molecule has 0 fully saturated rings. The van der Waals surface area contributed by atoms with Crippen molar-refractivity contribution in [2.75, 3.05) is 11.1 Å². The Labute approximate surface area is 70.8 Å². The zero-order valence-electron chi connectivity index (χ0n) is 4.42. The third-order valence-corrected chi connectivity index (χ3v) is 4.11. The third kappa shape index (κ3) is 6.76. The first-order valence-corrected chi connectivity index (χ1v) is 5.75. The van der Waals surface area contributed by atoms with Crippen molar-refractivity contribution in [1.29, 1.82) is 0 Å². The standard InChI is InChI=1S/C3H6Br2O3S/c4-1-3(5)2-9(6,7)8/h3H,1-2H2,(H,6,7,8)/t3-/m1/s1. The summed E-state index contributed by atoms with van der Waals surface area (Å²) in [6.07, 6.45) is 0. The molecule has 9 heavy (non-hydrogen) atoms. The fraction of sp³-hybridized carbons (Fsp3) is 1.00. The van der Waals surface area contributed by atoms with Crippen LogP contribution >= 0.6 is 31.9 Å². The van der Waals surface area contributed by atoms with E-state index >= 15 is 0 Å². The molecule has 0 radical (unpaired) electrons. The zero-order chi connectivity index (χ0) is 7.49. The molecule has 6 heteroatoms. The van der Waals surface area contributed by atoms with Crippen molar-refractivity contribution in [2.45, 2.75) is 4.83 Å². The van der Waals surface area contributed by atoms with Crippen LogP contribution in [0, 0.1) is 0 Å². The van der Waals surface area contributed by atoms with Gasteiger partial charge in [-0.05, 0) is 0 Å². The summed E-state index contributed by atoms with van der Waals surface area (Å²) in [4.78, 5) is -0.215. The molecular weight excluding hydrogens is 276 g/mol. The van der Waals surface area contributed by atoms with E-state index in [2.05, 4.69) is 31.9 Å². The summed E-state index contributed by atoms with van der Waals surface area (Å²) in [5, 5.41) is 0.507. The lowest BCUT2D eigenvalue weighted by Crippen LogP contribution is -2.15. The van der Waals surface area contributed by atoms with Gasteiger partial charge in [0.15, 0.2) is 0 Å². The lowest BCUT2D eigenvalue weighted by atomic mass is 10.6. The van der Waals surface area contributed by atoms with Gasteiger partial charge in [-0.25, -0.2) is 0 Å². The van der Waals surface area contributed by atoms with Crippen molar-refractivity contribution in [2.24, 2.45) is 0 Å². The van der Waals surface area contributed by atoms with Gasteiger partial charge >= 0.3 is 0 Å². The van der Waals surface area contributed by atoms with Gasteiger partial charge < -0.3 is 0 Å². The Morgan fingerprint density at radius 1 is 1.56 bits per heavy atom. The minimum Gasteiger partial charge on any atom is -0.286 e. The molecule has 1 N–H and O–H groups in total. The SMILES string of the molecule is O=S(=O)(O)C[C@H](Br)CBr. The number of hydrogen-bond acceptors (Lipinski definition) is 2. The van der Waals surface area contributed by atoms with E-state index in [1.54, 1.807) is 0 Å². The van der Waals surface area contributed by atoms with Crippen LogP contribution in [0.15, 0.2) is 0 Å². The zero-order valence-corrected chi connectivity index (χ0v) is 8.41. The van der Waals surface area contributed by atoms with Crippen LogP contribution in [-0.2, 0) is 10.1 Å². The van der Waals surface area contributed by atoms with Gasteiger partial charge in [0.05, 0.1) is 5.75 Å². The average molecular weight is 282 g/mol. The maximum absolute atomic E-state index is 10.1. The maximum Gasteiger partial charge on any atom is 0.265 e. The molecule has 0 saturated carbocycles. The van der Waals surface area contributed by atoms with Crippen molar-refractivity contribution in [3.63, 3.8) is 0 Å². The predicted molar refractivity (Wildman–Crippen MR) is 42.9 cm³/mol. The molecule has 0 aromatic heterocycles. The third-order valence-electron chi connectivity index (χ3n) is 0.559. The van der Waals surface area contributed by atoms with Gasteiger partial charge in [-0.1, -0.05) is 31.9 Å². The lowest BCUT2D eigenvalue weighted by Gasteiger charge is -1.99. The second-order valence-corrected chi connectivity index (χ2v) is 4.94. The van der Waals surface area contributed by atoms with Crippen LogP contribution in [0.2, 0.25) is 0 Å². The van der Waals surface area contributed by atoms with Crippen LogP contribution in [0.25, 0.3) is 0 Å². The molecule has 0 spiro atoms. The van der Waals surface area contributed by atoms with E-state index in [9.17, 15) is 8.42 Å². The fourth-order valence-electron chi connectivity index (χ4n) is 0.273. The van der Waals surface area contributed by atoms with Crippen molar-refractivity contribution in [3.8, 4) is 0 Å². The Balaban J connectivity index is 3.75. The normalized spacial score (nSPS) is 15.4. The van der Waals surface area contributed by atoms with Gasteiger partial charge in [-0.15, -0.1) is 0 Å². The average Bonchev–Trinajstić information content (AvgIpc) is 1.62. The van der Waals surface area contributed by atoms with Crippen molar-refractivity contribution >= 4 is 42.0 Å². The van der Waals surface area contributed by atoms with Gasteiger partial charge in [0.2, 0.25) is 0 Å². The molecule has 0 aliphatic rings. The van der Waals surface area contributed by atoms with Gasteiger partial charge in [0.25, 0.3) is 10.1 Å². The summed E-state index contributed by atoms with van der Waals surface area (Å²) in [5.41, 5.74) is 0. The molecule has 0 aliphatic carbocycles. The molecule has 0 bridgehead atoms. The molecule has 0 amide bonds. The molecule has 1 atom stereocenters. The Morgan fingerprint density at radius 3 is 2.11 bits per heavy atom. The summed E-state index contributed by atoms with van der Waals surface area (Å²) >= 11 is 6.07. The first-order valence-electron chi connectivity index (χ1n) is 2.11. The number of halogens is 2. The largest absolute Gasteiger partial charge is 0.286 e. The van der Waals surface area contributed by atoms with Crippen LogP contribution in [-0.4, -0.2) is 28.9 Å². The topological polar surface area (TPSA) is 54.4 Å². The van der Waals surface area contributed by atoms with Crippen molar-refractivity contribution in [3.05, 3.63) is 0 Å². The highest BCUT2D eigenvalue weighted by Crippen LogP contribution is 2.05. The quantitative estimate of drug-likeness (QED) is 0.621. The second kappa shape index (κ2) is 3.90. The molecule has 0 aliphatic heterocycles. The van der Waals surface area contributed by atoms with Crippen LogP contribution in [0.5, 0.6) is 0 Å². The number of rotatable bonds is 3. The summed E-state index contributed by atoms with van der Waals surface area (Å²) in [5.74, 6) is -0.252. The minimum atomic E-state index is -3.81. The molecular formula is C3H6Br2O3S. The highest BCUT2D eigenvalue weighted by atomic mass is 79.9. The second-order valence-electron chi connectivity index (χ2n) is 1.50. The van der Waals surface area contributed by atoms with E-state index in [0.717, 1.165) is 0 Å². The lowest BCUT2D eigenvalue weighted by molar-refractivity contribution is 0.483. The summed E-state index contributed by atoms with van der Waals surface area (Å²) in [7, 11) is -3.81. The van der Waals surface area contributed by atoms with E-state index in [4.69, 9.17) is 4.55 Å². The Kier molecular flexibility index (Phi) is 4.28. The highest BCUT2D eigenvalue weighted by Gasteiger charge is 2.11. The van der Waals surface area contributed by atoms with E-state index < -0.39 is 10.1 Å². The molecule has 0 rings (SSSR count). The fourth-order valence-corrected chi connectivity index (χ4v) is 2.38. The number of alkyl halides is 2. The molecule has 56 valence electrons. The highest BCUT2D eigenvalue weighted by molar-refractivity contribution is 9.12. The number of hydrogen-bond donors (Lipinski definition) is 1. The van der Waals surface area contributed by atoms with Gasteiger partial charge in [0.1, 0.15) is 0 Å². The van der Waals surface area contributed by atoms with Crippen molar-refractivity contribution in [1.82, 2.24) is 0 Å². The molecule has 0 saturated heterocycles. The van der Waals surface area contributed by atoms with Crippen molar-refractivity contribution < 1.29 is 13.0 Å². The van der Waals surface area contributed by atoms with E-state index in [0.29, 0.717) is 5.33 Å². The summed E-state index contributed by atoms with van der Waals surface area (Å²) < 4.78 is 28.5. The van der Waals surface area contributed by atoms with E-state index in [-0.39, 0.29) is 10.6 Å². The molecule has 0 aromatic rings. The Hall–Kier alpha value is 0.870. The van der Waals surface area contributed by atoms with Gasteiger partial charge in [0, 0.05) is 10.2 Å². The molecule has 0 heterocycles. The van der Waals surface area contributed by atoms with Crippen LogP contribution in [0.1, 0.15) is 0 Å². The monoisotopic (exact) mass is 280 g/mol. The Morgan fingerprint density at radius 2 is 2.00 bits per heavy atom. The van der Waals surface area contributed by atoms with Crippen LogP contribution < -0.4 is 0 Å². The summed E-state index contributed by atoms with van der Waals surface area (Å²) in [6, 6.07) is 0. The van der Waals surface area contributed by atoms with Crippen LogP contribution in [0.3, 0.4) is 0 Å². The first-order chi connectivity index (χ1) is 3.95. The van der Waals surface area contributed by atoms with Gasteiger partial charge in [-0.3, -0.25) is 4.55 Å². The maximum atomic E-state index is 10.1. The molecule has 3 nitrogen and oxygen atoms in total. The molecule has 0 aromatic carbocycles. The predicted octanol–water partition coefficient (Wildman–Crippen LogP) is 1.03. The minimum absolute atomic E-state index is 0.215.